The van der Waals surface area contributed by atoms with Crippen LogP contribution in [0.25, 0.3) is 0 Å². The number of alkyl halides is 1. The van der Waals surface area contributed by atoms with Crippen LogP contribution in [0.1, 0.15) is 75.5 Å². The van der Waals surface area contributed by atoms with Crippen LogP contribution in [-0.2, 0) is 6.42 Å². The average Bonchev–Trinajstić information content (AvgIpc) is 2.49. The molecule has 0 amide bonds. The maximum absolute atomic E-state index is 12.4. The van der Waals surface area contributed by atoms with Crippen LogP contribution < -0.4 is 0 Å². The van der Waals surface area contributed by atoms with Crippen molar-refractivity contribution < 1.29 is 4.39 Å². The van der Waals surface area contributed by atoms with E-state index in [4.69, 9.17) is 0 Å². The molecule has 1 aliphatic carbocycles. The third kappa shape index (κ3) is 4.57. The second-order valence-electron chi connectivity index (χ2n) is 6.24. The second kappa shape index (κ2) is 8.39. The lowest BCUT2D eigenvalue weighted by Crippen LogP contribution is -2.14. The molecule has 112 valence electrons. The Morgan fingerprint density at radius 3 is 2.55 bits per heavy atom. The zero-order chi connectivity index (χ0) is 14.2. The Morgan fingerprint density at radius 2 is 1.95 bits per heavy atom. The van der Waals surface area contributed by atoms with Gasteiger partial charge in [-0.3, -0.25) is 9.37 Å². The van der Waals surface area contributed by atoms with Gasteiger partial charge in [-0.25, -0.2) is 0 Å². The molecule has 1 aliphatic rings. The molecular formula is C18H28FN. The van der Waals surface area contributed by atoms with Crippen LogP contribution in [0.5, 0.6) is 0 Å². The van der Waals surface area contributed by atoms with Crippen molar-refractivity contribution in [2.24, 2.45) is 5.92 Å². The molecule has 1 aromatic heterocycles. The van der Waals surface area contributed by atoms with Crippen molar-refractivity contribution in [1.82, 2.24) is 4.98 Å². The smallest absolute Gasteiger partial charge is 0.0897 e. The lowest BCUT2D eigenvalue weighted by Gasteiger charge is -2.27. The summed E-state index contributed by atoms with van der Waals surface area (Å²) >= 11 is 0. The van der Waals surface area contributed by atoms with E-state index in [1.165, 1.54) is 56.2 Å². The predicted octanol–water partition coefficient (Wildman–Crippen LogP) is 5.45. The molecule has 1 heterocycles. The molecule has 2 heteroatoms. The Bertz CT molecular complexity index is 366. The first-order valence-corrected chi connectivity index (χ1v) is 8.34. The fourth-order valence-corrected chi connectivity index (χ4v) is 3.31. The van der Waals surface area contributed by atoms with Crippen LogP contribution in [0.15, 0.2) is 18.3 Å². The van der Waals surface area contributed by atoms with Gasteiger partial charge in [0.1, 0.15) is 0 Å². The molecular weight excluding hydrogens is 249 g/mol. The Labute approximate surface area is 123 Å². The van der Waals surface area contributed by atoms with Crippen molar-refractivity contribution >= 4 is 0 Å². The molecule has 1 saturated carbocycles. The molecule has 1 aromatic rings. The van der Waals surface area contributed by atoms with Gasteiger partial charge in [0.25, 0.3) is 0 Å². The third-order valence-electron chi connectivity index (χ3n) is 4.70. The van der Waals surface area contributed by atoms with E-state index in [2.05, 4.69) is 30.2 Å². The lowest BCUT2D eigenvalue weighted by molar-refractivity contribution is 0.281. The van der Waals surface area contributed by atoms with Crippen molar-refractivity contribution in [3.05, 3.63) is 29.6 Å². The fourth-order valence-electron chi connectivity index (χ4n) is 3.31. The molecule has 0 aromatic carbocycles. The van der Waals surface area contributed by atoms with Crippen molar-refractivity contribution in [3.8, 4) is 0 Å². The first-order chi connectivity index (χ1) is 9.83. The van der Waals surface area contributed by atoms with Crippen LogP contribution in [-0.4, -0.2) is 11.7 Å². The van der Waals surface area contributed by atoms with E-state index in [9.17, 15) is 4.39 Å². The number of hydrogen-bond acceptors (Lipinski definition) is 1. The van der Waals surface area contributed by atoms with Gasteiger partial charge in [0.15, 0.2) is 0 Å². The van der Waals surface area contributed by atoms with Crippen LogP contribution in [0, 0.1) is 5.92 Å². The van der Waals surface area contributed by atoms with Crippen LogP contribution in [0.2, 0.25) is 0 Å². The second-order valence-corrected chi connectivity index (χ2v) is 6.24. The molecule has 0 aliphatic heterocycles. The molecule has 1 fully saturated rings. The van der Waals surface area contributed by atoms with E-state index >= 15 is 0 Å². The number of rotatable bonds is 7. The summed E-state index contributed by atoms with van der Waals surface area (Å²) in [4.78, 5) is 4.68. The van der Waals surface area contributed by atoms with Gasteiger partial charge in [-0.05, 0) is 62.5 Å². The summed E-state index contributed by atoms with van der Waals surface area (Å²) in [5, 5.41) is 0. The molecule has 0 radical (unpaired) electrons. The highest BCUT2D eigenvalue weighted by molar-refractivity contribution is 5.17. The molecule has 0 spiro atoms. The molecule has 20 heavy (non-hydrogen) atoms. The van der Waals surface area contributed by atoms with E-state index < -0.39 is 0 Å². The van der Waals surface area contributed by atoms with Gasteiger partial charge >= 0.3 is 0 Å². The van der Waals surface area contributed by atoms with Gasteiger partial charge in [-0.2, -0.15) is 0 Å². The number of unbranched alkanes of at least 4 members (excludes halogenated alkanes) is 2. The maximum Gasteiger partial charge on any atom is 0.0897 e. The van der Waals surface area contributed by atoms with Crippen molar-refractivity contribution in [1.29, 1.82) is 0 Å². The molecule has 0 bridgehead atoms. The largest absolute Gasteiger partial charge is 0.261 e. The summed E-state index contributed by atoms with van der Waals surface area (Å²) in [6, 6.07) is 4.48. The van der Waals surface area contributed by atoms with E-state index in [1.54, 1.807) is 0 Å². The molecule has 1 nitrogen and oxygen atoms in total. The minimum atomic E-state index is -0.153. The van der Waals surface area contributed by atoms with E-state index in [-0.39, 0.29) is 6.67 Å². The third-order valence-corrected chi connectivity index (χ3v) is 4.70. The number of hydrogen-bond donors (Lipinski definition) is 0. The Balaban J connectivity index is 1.81. The summed E-state index contributed by atoms with van der Waals surface area (Å²) < 4.78 is 12.4. The van der Waals surface area contributed by atoms with Crippen LogP contribution >= 0.6 is 0 Å². The zero-order valence-corrected chi connectivity index (χ0v) is 12.8. The van der Waals surface area contributed by atoms with Gasteiger partial charge in [0.05, 0.1) is 6.67 Å². The molecule has 2 rings (SSSR count). The Kier molecular flexibility index (Phi) is 6.49. The van der Waals surface area contributed by atoms with Crippen molar-refractivity contribution in [2.75, 3.05) is 6.67 Å². The number of aryl methyl sites for hydroxylation is 1. The number of aromatic nitrogens is 1. The molecule has 0 atom stereocenters. The summed E-state index contributed by atoms with van der Waals surface area (Å²) in [5.41, 5.74) is 2.62. The van der Waals surface area contributed by atoms with Crippen molar-refractivity contribution in [3.63, 3.8) is 0 Å². The highest BCUT2D eigenvalue weighted by Crippen LogP contribution is 2.36. The topological polar surface area (TPSA) is 12.9 Å². The molecule has 0 N–H and O–H groups in total. The first kappa shape index (κ1) is 15.5. The minimum Gasteiger partial charge on any atom is -0.261 e. The fraction of sp³-hybridized carbons (Fsp3) is 0.722. The minimum absolute atomic E-state index is 0.153. The van der Waals surface area contributed by atoms with E-state index in [0.717, 1.165) is 12.8 Å². The maximum atomic E-state index is 12.4. The van der Waals surface area contributed by atoms with Crippen molar-refractivity contribution in [2.45, 2.75) is 70.6 Å². The average molecular weight is 277 g/mol. The standard InChI is InChI=1S/C18H28FN/c1-2-3-4-5-16-8-11-18(20-14-16)17-9-6-15(7-10-17)12-13-19/h8,11,14-15,17H,2-7,9-10,12-13H2,1H3. The van der Waals surface area contributed by atoms with Gasteiger partial charge in [-0.1, -0.05) is 25.8 Å². The molecule has 0 saturated heterocycles. The Morgan fingerprint density at radius 1 is 1.15 bits per heavy atom. The SMILES string of the molecule is CCCCCc1ccc(C2CCC(CCF)CC2)nc1. The summed E-state index contributed by atoms with van der Waals surface area (Å²) in [5.74, 6) is 1.22. The number of halogens is 1. The van der Waals surface area contributed by atoms with Gasteiger partial charge in [0.2, 0.25) is 0 Å². The highest BCUT2D eigenvalue weighted by Gasteiger charge is 2.22. The lowest BCUT2D eigenvalue weighted by atomic mass is 9.79. The van der Waals surface area contributed by atoms with Gasteiger partial charge < -0.3 is 0 Å². The summed E-state index contributed by atoms with van der Waals surface area (Å²) in [7, 11) is 0. The summed E-state index contributed by atoms with van der Waals surface area (Å²) in [6.45, 7) is 2.08. The quantitative estimate of drug-likeness (QED) is 0.604. The normalized spacial score (nSPS) is 22.9. The molecule has 0 unspecified atom stereocenters. The number of pyridine rings is 1. The van der Waals surface area contributed by atoms with Gasteiger partial charge in [0, 0.05) is 17.8 Å². The van der Waals surface area contributed by atoms with Gasteiger partial charge in [-0.15, -0.1) is 0 Å². The summed E-state index contributed by atoms with van der Waals surface area (Å²) in [6.07, 6.45) is 12.6. The van der Waals surface area contributed by atoms with Crippen LogP contribution in [0.4, 0.5) is 4.39 Å². The van der Waals surface area contributed by atoms with E-state index in [1.807, 2.05) is 0 Å². The zero-order valence-electron chi connectivity index (χ0n) is 12.8. The number of nitrogens with zero attached hydrogens (tertiary/aromatic N) is 1. The van der Waals surface area contributed by atoms with E-state index in [0.29, 0.717) is 11.8 Å². The highest BCUT2D eigenvalue weighted by atomic mass is 19.1. The predicted molar refractivity (Wildman–Crippen MR) is 82.8 cm³/mol. The van der Waals surface area contributed by atoms with Crippen LogP contribution in [0.3, 0.4) is 0 Å². The Hall–Kier alpha value is -0.920. The monoisotopic (exact) mass is 277 g/mol. The first-order valence-electron chi connectivity index (χ1n) is 8.34.